The van der Waals surface area contributed by atoms with E-state index in [0.29, 0.717) is 24.0 Å². The Morgan fingerprint density at radius 3 is 2.63 bits per heavy atom. The van der Waals surface area contributed by atoms with Gasteiger partial charge in [0.15, 0.2) is 5.78 Å². The molecule has 0 amide bonds. The lowest BCUT2D eigenvalue weighted by atomic mass is 9.45. The highest BCUT2D eigenvalue weighted by atomic mass is 16.6. The fraction of sp³-hybridized carbons (Fsp3) is 0.833. The highest BCUT2D eigenvalue weighted by Gasteiger charge is 2.81. The topological polar surface area (TPSA) is 43.4 Å². The maximum Gasteiger partial charge on any atom is 0.306 e. The van der Waals surface area contributed by atoms with E-state index in [0.717, 1.165) is 48.9 Å². The van der Waals surface area contributed by atoms with E-state index in [9.17, 15) is 9.59 Å². The largest absolute Gasteiger partial charge is 0.458 e. The number of esters is 1. The molecule has 3 heteroatoms. The van der Waals surface area contributed by atoms with Crippen LogP contribution in [-0.2, 0) is 14.3 Å². The van der Waals surface area contributed by atoms with Gasteiger partial charge in [-0.05, 0) is 85.5 Å². The van der Waals surface area contributed by atoms with Crippen LogP contribution in [0, 0.1) is 52.3 Å². The predicted octanol–water partition coefficient (Wildman–Crippen LogP) is 4.31. The molecule has 3 nitrogen and oxygen atoms in total. The third-order valence-electron chi connectivity index (χ3n) is 10.9. The number of rotatable bonds is 0. The summed E-state index contributed by atoms with van der Waals surface area (Å²) in [5, 5.41) is 0. The molecule has 0 radical (unpaired) electrons. The van der Waals surface area contributed by atoms with Crippen LogP contribution in [0.3, 0.4) is 0 Å². The van der Waals surface area contributed by atoms with Crippen LogP contribution in [0.5, 0.6) is 0 Å². The Bertz CT molecular complexity index is 827. The SMILES string of the molecule is C[C@]12CCC(=O)C=C1[C@@H]1C[C@@H]1C1C2CC[C@@]2(C)[C@@H]1[C@@H]1C[C@@H]1C21CCC(=O)O1. The zero-order chi connectivity index (χ0) is 18.3. The van der Waals surface area contributed by atoms with Crippen LogP contribution >= 0.6 is 0 Å². The van der Waals surface area contributed by atoms with Crippen molar-refractivity contribution in [2.45, 2.75) is 70.8 Å². The van der Waals surface area contributed by atoms with Crippen molar-refractivity contribution in [2.24, 2.45) is 52.3 Å². The Kier molecular flexibility index (Phi) is 2.56. The Balaban J connectivity index is 1.33. The van der Waals surface area contributed by atoms with Gasteiger partial charge in [-0.1, -0.05) is 19.4 Å². The second-order valence-corrected chi connectivity index (χ2v) is 11.5. The average molecular weight is 367 g/mol. The molecule has 0 aromatic heterocycles. The Morgan fingerprint density at radius 2 is 1.85 bits per heavy atom. The van der Waals surface area contributed by atoms with Gasteiger partial charge in [0.25, 0.3) is 0 Å². The molecule has 0 aromatic rings. The molecule has 144 valence electrons. The molecule has 7 rings (SSSR count). The van der Waals surface area contributed by atoms with Crippen molar-refractivity contribution in [3.05, 3.63) is 11.6 Å². The van der Waals surface area contributed by atoms with Crippen molar-refractivity contribution in [1.29, 1.82) is 0 Å². The van der Waals surface area contributed by atoms with Crippen molar-refractivity contribution in [3.63, 3.8) is 0 Å². The fourth-order valence-corrected chi connectivity index (χ4v) is 9.74. The second-order valence-electron chi connectivity index (χ2n) is 11.5. The van der Waals surface area contributed by atoms with Gasteiger partial charge in [0.1, 0.15) is 5.60 Å². The van der Waals surface area contributed by atoms with Gasteiger partial charge >= 0.3 is 5.97 Å². The lowest BCUT2D eigenvalue weighted by molar-refractivity contribution is -0.177. The molecule has 7 aliphatic rings. The smallest absolute Gasteiger partial charge is 0.306 e. The first kappa shape index (κ1) is 15.8. The van der Waals surface area contributed by atoms with Crippen LogP contribution in [0.1, 0.15) is 65.2 Å². The number of allylic oxidation sites excluding steroid dienone is 1. The van der Waals surface area contributed by atoms with Crippen LogP contribution in [0.4, 0.5) is 0 Å². The van der Waals surface area contributed by atoms with Gasteiger partial charge in [-0.25, -0.2) is 0 Å². The number of ketones is 1. The van der Waals surface area contributed by atoms with E-state index in [1.807, 2.05) is 0 Å². The molecular weight excluding hydrogens is 336 g/mol. The van der Waals surface area contributed by atoms with Gasteiger partial charge in [-0.2, -0.15) is 0 Å². The summed E-state index contributed by atoms with van der Waals surface area (Å²) < 4.78 is 6.22. The third-order valence-corrected chi connectivity index (χ3v) is 10.9. The van der Waals surface area contributed by atoms with Gasteiger partial charge in [0.05, 0.1) is 0 Å². The van der Waals surface area contributed by atoms with Crippen molar-refractivity contribution in [3.8, 4) is 0 Å². The van der Waals surface area contributed by atoms with Crippen molar-refractivity contribution in [2.75, 3.05) is 0 Å². The number of hydrogen-bond acceptors (Lipinski definition) is 3. The molecule has 6 aliphatic carbocycles. The molecular formula is C24H30O3. The van der Waals surface area contributed by atoms with Crippen LogP contribution < -0.4 is 0 Å². The quantitative estimate of drug-likeness (QED) is 0.600. The fourth-order valence-electron chi connectivity index (χ4n) is 9.74. The average Bonchev–Trinajstić information content (AvgIpc) is 3.53. The van der Waals surface area contributed by atoms with E-state index in [1.54, 1.807) is 0 Å². The number of carbonyl (C=O) groups excluding carboxylic acids is 2. The van der Waals surface area contributed by atoms with Crippen LogP contribution in [-0.4, -0.2) is 17.4 Å². The zero-order valence-electron chi connectivity index (χ0n) is 16.5. The van der Waals surface area contributed by atoms with E-state index >= 15 is 0 Å². The molecule has 3 unspecified atom stereocenters. The number of fused-ring (bicyclic) bond motifs is 12. The van der Waals surface area contributed by atoms with Crippen molar-refractivity contribution in [1.82, 2.24) is 0 Å². The lowest BCUT2D eigenvalue weighted by Gasteiger charge is -2.60. The second kappa shape index (κ2) is 4.39. The summed E-state index contributed by atoms with van der Waals surface area (Å²) in [6.45, 7) is 4.99. The highest BCUT2D eigenvalue weighted by Crippen LogP contribution is 2.82. The third kappa shape index (κ3) is 1.58. The van der Waals surface area contributed by atoms with Gasteiger partial charge in [-0.15, -0.1) is 0 Å². The summed E-state index contributed by atoms with van der Waals surface area (Å²) in [7, 11) is 0. The summed E-state index contributed by atoms with van der Waals surface area (Å²) in [6, 6.07) is 0. The number of ether oxygens (including phenoxy) is 1. The molecule has 1 spiro atoms. The van der Waals surface area contributed by atoms with Gasteiger partial charge in [0, 0.05) is 24.2 Å². The summed E-state index contributed by atoms with van der Waals surface area (Å²) in [6.07, 6.45) is 10.6. The van der Waals surface area contributed by atoms with Crippen molar-refractivity contribution >= 4 is 11.8 Å². The van der Waals surface area contributed by atoms with Gasteiger partial charge in [0.2, 0.25) is 0 Å². The Hall–Kier alpha value is -1.12. The van der Waals surface area contributed by atoms with E-state index in [-0.39, 0.29) is 22.4 Å². The molecule has 0 bridgehead atoms. The van der Waals surface area contributed by atoms with E-state index in [1.165, 1.54) is 31.3 Å². The maximum absolute atomic E-state index is 12.2. The normalized spacial score (nSPS) is 62.0. The molecule has 5 saturated carbocycles. The minimum absolute atomic E-state index is 0.0561. The monoisotopic (exact) mass is 366 g/mol. The van der Waals surface area contributed by atoms with E-state index < -0.39 is 0 Å². The minimum Gasteiger partial charge on any atom is -0.458 e. The molecule has 0 N–H and O–H groups in total. The van der Waals surface area contributed by atoms with Crippen LogP contribution in [0.15, 0.2) is 11.6 Å². The minimum atomic E-state index is -0.131. The maximum atomic E-state index is 12.2. The molecule has 1 saturated heterocycles. The van der Waals surface area contributed by atoms with Crippen molar-refractivity contribution < 1.29 is 14.3 Å². The molecule has 1 heterocycles. The molecule has 6 fully saturated rings. The van der Waals surface area contributed by atoms with Crippen LogP contribution in [0.25, 0.3) is 0 Å². The molecule has 0 aromatic carbocycles. The zero-order valence-corrected chi connectivity index (χ0v) is 16.5. The van der Waals surface area contributed by atoms with E-state index in [4.69, 9.17) is 4.74 Å². The predicted molar refractivity (Wildman–Crippen MR) is 99.5 cm³/mol. The summed E-state index contributed by atoms with van der Waals surface area (Å²) in [4.78, 5) is 24.3. The standard InChI is InChI=1S/C24H30O3/c1-22-6-3-12(25)9-17(22)13-10-14(13)20-16(22)4-7-23(2)21(20)15-11-18(15)24(23)8-5-19(26)27-24/h9,13-16,18,20-21H,3-8,10-11H2,1-2H3/t13-,14+,15-,16?,18+,20?,21-,22-,23+,24?/m1/s1. The molecule has 27 heavy (non-hydrogen) atoms. The molecule has 1 aliphatic heterocycles. The number of hydrogen-bond donors (Lipinski definition) is 0. The first-order chi connectivity index (χ1) is 12.9. The molecule has 10 atom stereocenters. The van der Waals surface area contributed by atoms with Gasteiger partial charge < -0.3 is 4.74 Å². The highest BCUT2D eigenvalue weighted by molar-refractivity contribution is 5.92. The van der Waals surface area contributed by atoms with E-state index in [2.05, 4.69) is 19.9 Å². The first-order valence-electron chi connectivity index (χ1n) is 11.4. The van der Waals surface area contributed by atoms with Crippen LogP contribution in [0.2, 0.25) is 0 Å². The Labute approximate surface area is 161 Å². The first-order valence-corrected chi connectivity index (χ1v) is 11.4. The Morgan fingerprint density at radius 1 is 1.00 bits per heavy atom. The number of carbonyl (C=O) groups is 2. The summed E-state index contributed by atoms with van der Waals surface area (Å²) in [5.41, 5.74) is 1.85. The van der Waals surface area contributed by atoms with Gasteiger partial charge in [-0.3, -0.25) is 9.59 Å². The summed E-state index contributed by atoms with van der Waals surface area (Å²) in [5.74, 6) is 5.65. The lowest BCUT2D eigenvalue weighted by Crippen LogP contribution is -2.57. The summed E-state index contributed by atoms with van der Waals surface area (Å²) >= 11 is 0.